The number of hydrogen-bond acceptors (Lipinski definition) is 20. The van der Waals surface area contributed by atoms with Crippen LogP contribution in [0.3, 0.4) is 0 Å². The van der Waals surface area contributed by atoms with Crippen molar-refractivity contribution >= 4 is 76.8 Å². The van der Waals surface area contributed by atoms with Crippen LogP contribution in [0.4, 0.5) is 27.5 Å². The van der Waals surface area contributed by atoms with Crippen molar-refractivity contribution in [1.29, 1.82) is 5.26 Å². The minimum atomic E-state index is -4.36. The molecule has 0 saturated carbocycles. The zero-order valence-electron chi connectivity index (χ0n) is 43.0. The van der Waals surface area contributed by atoms with Gasteiger partial charge in [0.05, 0.1) is 85.2 Å². The molecule has 3 aromatic carbocycles. The zero-order chi connectivity index (χ0) is 54.9. The number of oxime groups is 1. The quantitative estimate of drug-likeness (QED) is 0.00824. The van der Waals surface area contributed by atoms with E-state index in [1.165, 1.54) is 25.1 Å². The molecule has 410 valence electrons. The van der Waals surface area contributed by atoms with Gasteiger partial charge in [0.15, 0.2) is 0 Å². The van der Waals surface area contributed by atoms with Crippen LogP contribution >= 0.6 is 7.82 Å². The van der Waals surface area contributed by atoms with E-state index in [9.17, 15) is 38.7 Å². The summed E-state index contributed by atoms with van der Waals surface area (Å²) in [6.07, 6.45) is 1.49. The average molecular weight is 1080 g/mol. The van der Waals surface area contributed by atoms with Gasteiger partial charge in [0.1, 0.15) is 25.0 Å². The number of amides is 5. The van der Waals surface area contributed by atoms with Crippen LogP contribution in [0.15, 0.2) is 88.2 Å². The third-order valence-corrected chi connectivity index (χ3v) is 13.3. The minimum Gasteiger partial charge on any atom is -0.466 e. The van der Waals surface area contributed by atoms with Gasteiger partial charge in [0.25, 0.3) is 5.69 Å². The highest BCUT2D eigenvalue weighted by Gasteiger charge is 2.47. The number of imide groups is 1. The summed E-state index contributed by atoms with van der Waals surface area (Å²) in [5, 5.41) is 42.1. The van der Waals surface area contributed by atoms with Crippen LogP contribution in [-0.4, -0.2) is 137 Å². The molecular formula is C50H65N10O15P. The first-order chi connectivity index (χ1) is 36.7. The highest BCUT2D eigenvalue weighted by atomic mass is 31.2. The van der Waals surface area contributed by atoms with Crippen molar-refractivity contribution in [3.63, 3.8) is 0 Å². The molecule has 0 aromatic heterocycles. The highest BCUT2D eigenvalue weighted by molar-refractivity contribution is 7.48. The van der Waals surface area contributed by atoms with E-state index in [0.29, 0.717) is 54.7 Å². The molecule has 3 aromatic rings. The molecule has 5 unspecified atom stereocenters. The lowest BCUT2D eigenvalue weighted by Gasteiger charge is -2.34. The zero-order valence-corrected chi connectivity index (χ0v) is 43.9. The third kappa shape index (κ3) is 18.9. The van der Waals surface area contributed by atoms with Gasteiger partial charge in [0.2, 0.25) is 17.7 Å². The number of nitrogens with one attached hydrogen (secondary N) is 3. The van der Waals surface area contributed by atoms with Crippen molar-refractivity contribution in [2.75, 3.05) is 78.3 Å². The molecule has 2 aliphatic rings. The van der Waals surface area contributed by atoms with E-state index in [1.807, 2.05) is 44.2 Å². The number of rotatable bonds is 32. The standard InChI is InChI=1S/C50H65N10O15P/c1-5-58(38-19-17-37(18-20-38)55-56-41-21-22-42(60(66)67)40-15-7-6-14-39(40)41)27-31-71-57-35(2)12-8-16-46(62)53-26-9-13-36-33-59(50(65)54-49(36)64)47-32-43(44(74-47)34-69-4)75-76(68,72-29-10-25-51)73-30-11-28-70-48(63)24-23-45(61)52-3/h6-7,9,13-15,17-22,36,43-44,47H,5,8,10-12,16,23-24,26-34H2,1-4H3,(H,52,61)(H,53,62)(H,54,64,65)/b13-9+,56-55?,57-35+. The molecule has 5 atom stereocenters. The average Bonchev–Trinajstić information content (AvgIpc) is 3.80. The Morgan fingerprint density at radius 1 is 0.987 bits per heavy atom. The van der Waals surface area contributed by atoms with Crippen LogP contribution in [0, 0.1) is 27.4 Å². The van der Waals surface area contributed by atoms with Crippen molar-refractivity contribution in [3.8, 4) is 6.07 Å². The van der Waals surface area contributed by atoms with E-state index in [0.717, 1.165) is 11.4 Å². The van der Waals surface area contributed by atoms with Crippen molar-refractivity contribution < 1.29 is 66.1 Å². The lowest BCUT2D eigenvalue weighted by molar-refractivity contribution is -0.383. The summed E-state index contributed by atoms with van der Waals surface area (Å²) in [6, 6.07) is 18.7. The Morgan fingerprint density at radius 3 is 2.47 bits per heavy atom. The SMILES string of the molecule is CCN(CCO/N=C(\C)CCCC(=O)NC/C=C/C1CN(C2CC(OP(=O)(OCCC#N)OCCCOC(=O)CCC(=O)NC)C(COC)O2)C(=O)NC1=O)c1ccc(N=Nc2ccc([N+](=O)[O-])c3ccccc23)cc1. The molecule has 76 heavy (non-hydrogen) atoms. The summed E-state index contributed by atoms with van der Waals surface area (Å²) < 4.78 is 47.1. The third-order valence-electron chi connectivity index (χ3n) is 11.8. The van der Waals surface area contributed by atoms with Crippen molar-refractivity contribution in [3.05, 3.63) is 82.9 Å². The number of methoxy groups -OCH3 is 1. The van der Waals surface area contributed by atoms with Gasteiger partial charge in [-0.15, -0.1) is 5.11 Å². The number of likely N-dealkylation sites (N-methyl/N-ethyl adjacent to an activating group) is 1. The summed E-state index contributed by atoms with van der Waals surface area (Å²) in [7, 11) is -1.48. The smallest absolute Gasteiger partial charge is 0.466 e. The lowest BCUT2D eigenvalue weighted by Crippen LogP contribution is -2.57. The first-order valence-electron chi connectivity index (χ1n) is 24.8. The predicted octanol–water partition coefficient (Wildman–Crippen LogP) is 7.05. The normalized spacial score (nSPS) is 18.6. The van der Waals surface area contributed by atoms with Crippen LogP contribution in [0.5, 0.6) is 0 Å². The molecule has 0 spiro atoms. The number of esters is 1. The van der Waals surface area contributed by atoms with Crippen LogP contribution in [0.25, 0.3) is 10.8 Å². The van der Waals surface area contributed by atoms with Crippen LogP contribution in [0.2, 0.25) is 0 Å². The monoisotopic (exact) mass is 1080 g/mol. The van der Waals surface area contributed by atoms with Gasteiger partial charge in [-0.05, 0) is 63.1 Å². The molecule has 25 nitrogen and oxygen atoms in total. The molecule has 26 heteroatoms. The lowest BCUT2D eigenvalue weighted by atomic mass is 10.0. The maximum Gasteiger partial charge on any atom is 0.475 e. The van der Waals surface area contributed by atoms with Crippen molar-refractivity contribution in [1.82, 2.24) is 20.9 Å². The number of nitrogens with zero attached hydrogens (tertiary/aromatic N) is 7. The van der Waals surface area contributed by atoms with E-state index in [4.69, 9.17) is 37.9 Å². The Balaban J connectivity index is 1.01. The Labute approximate surface area is 440 Å². The Morgan fingerprint density at radius 2 is 1.75 bits per heavy atom. The van der Waals surface area contributed by atoms with Gasteiger partial charge in [-0.2, -0.15) is 10.4 Å². The molecule has 5 amide bonds. The molecule has 2 saturated heterocycles. The van der Waals surface area contributed by atoms with Gasteiger partial charge in [-0.25, -0.2) is 9.36 Å². The number of ether oxygens (including phenoxy) is 3. The molecule has 2 fully saturated rings. The van der Waals surface area contributed by atoms with E-state index >= 15 is 0 Å². The number of non-ortho nitro benzene ring substituents is 1. The van der Waals surface area contributed by atoms with E-state index in [-0.39, 0.29) is 95.5 Å². The van der Waals surface area contributed by atoms with Crippen LogP contribution in [0.1, 0.15) is 65.2 Å². The van der Waals surface area contributed by atoms with Gasteiger partial charge in [-0.1, -0.05) is 35.5 Å². The number of carbonyl (C=O) groups excluding carboxylic acids is 5. The number of carbonyl (C=O) groups is 5. The Hall–Kier alpha value is -7.20. The predicted molar refractivity (Wildman–Crippen MR) is 277 cm³/mol. The molecular weight excluding hydrogens is 1010 g/mol. The fraction of sp³-hybridized carbons (Fsp3) is 0.500. The molecule has 2 aliphatic heterocycles. The van der Waals surface area contributed by atoms with Gasteiger partial charge < -0.3 is 34.6 Å². The number of anilines is 1. The molecule has 0 radical (unpaired) electrons. The Kier molecular flexibility index (Phi) is 24.3. The summed E-state index contributed by atoms with van der Waals surface area (Å²) >= 11 is 0. The number of nitriles is 1. The highest BCUT2D eigenvalue weighted by Crippen LogP contribution is 2.53. The van der Waals surface area contributed by atoms with Gasteiger partial charge in [0, 0.05) is 76.6 Å². The second-order valence-electron chi connectivity index (χ2n) is 17.2. The van der Waals surface area contributed by atoms with Crippen LogP contribution in [-0.2, 0) is 56.4 Å². The largest absolute Gasteiger partial charge is 0.475 e. The van der Waals surface area contributed by atoms with Crippen molar-refractivity contribution in [2.45, 2.75) is 83.6 Å². The van der Waals surface area contributed by atoms with E-state index in [1.54, 1.807) is 42.5 Å². The first kappa shape index (κ1) is 59.7. The number of nitro benzene ring substituents is 1. The summed E-state index contributed by atoms with van der Waals surface area (Å²) in [5.74, 6) is -2.46. The fourth-order valence-corrected chi connectivity index (χ4v) is 9.26. The maximum absolute atomic E-state index is 13.8. The molecule has 5 rings (SSSR count). The molecule has 0 bridgehead atoms. The first-order valence-corrected chi connectivity index (χ1v) is 26.2. The van der Waals surface area contributed by atoms with Gasteiger partial charge >= 0.3 is 19.8 Å². The fourth-order valence-electron chi connectivity index (χ4n) is 7.84. The molecule has 3 N–H and O–H groups in total. The number of azo groups is 1. The number of nitro groups is 1. The van der Waals surface area contributed by atoms with Crippen molar-refractivity contribution in [2.24, 2.45) is 21.3 Å². The number of fused-ring (bicyclic) bond motifs is 1. The summed E-state index contributed by atoms with van der Waals surface area (Å²) in [5.41, 5.74) is 2.83. The number of urea groups is 1. The van der Waals surface area contributed by atoms with Crippen LogP contribution < -0.4 is 20.9 Å². The maximum atomic E-state index is 13.8. The number of benzene rings is 3. The molecule has 0 aliphatic carbocycles. The number of phosphoric acid groups is 1. The van der Waals surface area contributed by atoms with Gasteiger partial charge in [-0.3, -0.25) is 53.1 Å². The van der Waals surface area contributed by atoms with E-state index in [2.05, 4.69) is 36.2 Å². The second-order valence-corrected chi connectivity index (χ2v) is 18.9. The molecule has 2 heterocycles. The number of phosphoric ester groups is 1. The minimum absolute atomic E-state index is 0.00759. The summed E-state index contributed by atoms with van der Waals surface area (Å²) in [4.78, 5) is 82.0. The number of hydrogen-bond donors (Lipinski definition) is 3. The topological polar surface area (TPSA) is 314 Å². The second kappa shape index (κ2) is 31.0. The summed E-state index contributed by atoms with van der Waals surface area (Å²) in [6.45, 7) is 4.85. The van der Waals surface area contributed by atoms with E-state index < -0.39 is 55.0 Å². The Bertz CT molecular complexity index is 2650.